The summed E-state index contributed by atoms with van der Waals surface area (Å²) in [6, 6.07) is -2.86. The number of aliphatic carboxylic acids is 1. The molecular weight excluding hydrogens is 550 g/mol. The molecule has 21 heteroatoms. The number of nitrogens with two attached hydrogens (primary N) is 4. The van der Waals surface area contributed by atoms with Crippen LogP contribution in [0.3, 0.4) is 0 Å². The van der Waals surface area contributed by atoms with Gasteiger partial charge in [-0.15, -0.1) is 11.3 Å². The number of aromatic nitrogens is 1. The lowest BCUT2D eigenvalue weighted by atomic mass is 9.98. The maximum atomic E-state index is 13.0. The monoisotopic (exact) mass is 573 g/mol. The quantitative estimate of drug-likeness (QED) is 0.0315. The van der Waals surface area contributed by atoms with Gasteiger partial charge in [-0.1, -0.05) is 5.16 Å². The molecule has 1 saturated heterocycles. The van der Waals surface area contributed by atoms with Gasteiger partial charge in [0.15, 0.2) is 16.8 Å². The highest BCUT2D eigenvalue weighted by molar-refractivity contribution is 7.84. The Morgan fingerprint density at radius 2 is 2.05 bits per heavy atom. The molecule has 0 spiro atoms. The van der Waals surface area contributed by atoms with Crippen LogP contribution in [0.5, 0.6) is 0 Å². The van der Waals surface area contributed by atoms with Crippen molar-refractivity contribution in [2.75, 3.05) is 18.8 Å². The molecular formula is C17H23N11O8S2. The fourth-order valence-electron chi connectivity index (χ4n) is 3.10. The zero-order valence-electron chi connectivity index (χ0n) is 19.3. The number of nitrogens with zero attached hydrogens (tertiary/aromatic N) is 6. The number of anilines is 1. The molecule has 0 unspecified atom stereocenters. The Labute approximate surface area is 218 Å². The molecule has 2 amide bonds. The predicted molar refractivity (Wildman–Crippen MR) is 134 cm³/mol. The molecule has 11 N–H and O–H groups in total. The third-order valence-corrected chi connectivity index (χ3v) is 6.83. The van der Waals surface area contributed by atoms with Gasteiger partial charge in [-0.2, -0.15) is 13.5 Å². The third kappa shape index (κ3) is 6.30. The number of amides is 2. The molecule has 1 aliphatic heterocycles. The smallest absolute Gasteiger partial charge is 0.362 e. The largest absolute Gasteiger partial charge is 0.478 e. The third-order valence-electron chi connectivity index (χ3n) is 5.21. The molecule has 0 bridgehead atoms. The van der Waals surface area contributed by atoms with Gasteiger partial charge in [0, 0.05) is 24.4 Å². The summed E-state index contributed by atoms with van der Waals surface area (Å²) in [5.74, 6) is 1.46. The average molecular weight is 574 g/mol. The molecule has 1 saturated carbocycles. The minimum absolute atomic E-state index is 0.0578. The maximum absolute atomic E-state index is 13.0. The molecule has 1 aliphatic carbocycles. The topological polar surface area (TPSA) is 317 Å². The first-order valence-corrected chi connectivity index (χ1v) is 12.7. The lowest BCUT2D eigenvalue weighted by Gasteiger charge is -2.43. The molecule has 38 heavy (non-hydrogen) atoms. The fraction of sp³-hybridized carbons (Fsp3) is 0.412. The van der Waals surface area contributed by atoms with Gasteiger partial charge in [0.1, 0.15) is 11.7 Å². The van der Waals surface area contributed by atoms with Gasteiger partial charge in [-0.3, -0.25) is 19.1 Å². The van der Waals surface area contributed by atoms with E-state index in [9.17, 15) is 32.5 Å². The first kappa shape index (κ1) is 28.2. The van der Waals surface area contributed by atoms with Gasteiger partial charge in [0.25, 0.3) is 11.8 Å². The number of carboxylic acid groups (broad SMARTS) is 1. The van der Waals surface area contributed by atoms with Crippen molar-refractivity contribution in [2.24, 2.45) is 37.6 Å². The number of rotatable bonds is 12. The number of guanidine groups is 1. The second kappa shape index (κ2) is 10.9. The minimum atomic E-state index is -5.01. The van der Waals surface area contributed by atoms with Crippen LogP contribution in [0, 0.1) is 0 Å². The van der Waals surface area contributed by atoms with Crippen molar-refractivity contribution in [1.82, 2.24) is 14.6 Å². The molecule has 0 radical (unpaired) electrons. The van der Waals surface area contributed by atoms with Crippen molar-refractivity contribution in [1.29, 1.82) is 0 Å². The Morgan fingerprint density at radius 1 is 1.37 bits per heavy atom. The van der Waals surface area contributed by atoms with E-state index in [1.165, 1.54) is 5.38 Å². The first-order valence-electron chi connectivity index (χ1n) is 10.4. The number of hydrogen-bond donors (Lipinski definition) is 7. The average Bonchev–Trinajstić information content (AvgIpc) is 3.51. The summed E-state index contributed by atoms with van der Waals surface area (Å²) < 4.78 is 33.0. The molecule has 2 aliphatic rings. The van der Waals surface area contributed by atoms with Gasteiger partial charge in [0.2, 0.25) is 5.60 Å². The Kier molecular flexibility index (Phi) is 8.12. The van der Waals surface area contributed by atoms with Gasteiger partial charge in [-0.05, 0) is 0 Å². The highest BCUT2D eigenvalue weighted by Crippen LogP contribution is 2.40. The highest BCUT2D eigenvalue weighted by Gasteiger charge is 2.55. The van der Waals surface area contributed by atoms with Crippen molar-refractivity contribution >= 4 is 68.2 Å². The normalized spacial score (nSPS) is 21.1. The molecule has 0 aromatic carbocycles. The number of β-lactam (4-membered cyclic amide) rings is 1. The lowest BCUT2D eigenvalue weighted by molar-refractivity contribution is -0.153. The summed E-state index contributed by atoms with van der Waals surface area (Å²) in [6.45, 7) is -0.589. The van der Waals surface area contributed by atoms with Crippen molar-refractivity contribution in [3.8, 4) is 0 Å². The highest BCUT2D eigenvalue weighted by atomic mass is 32.2. The Bertz CT molecular complexity index is 1350. The van der Waals surface area contributed by atoms with Crippen molar-refractivity contribution in [3.05, 3.63) is 11.1 Å². The molecule has 2 fully saturated rings. The van der Waals surface area contributed by atoms with Crippen LogP contribution in [0.2, 0.25) is 0 Å². The summed E-state index contributed by atoms with van der Waals surface area (Å²) in [4.78, 5) is 53.6. The number of carbonyl (C=O) groups excluding carboxylic acids is 2. The fourth-order valence-corrected chi connectivity index (χ4v) is 4.51. The number of hydrazone groups is 1. The minimum Gasteiger partial charge on any atom is -0.478 e. The van der Waals surface area contributed by atoms with E-state index in [0.717, 1.165) is 17.6 Å². The van der Waals surface area contributed by atoms with Crippen molar-refractivity contribution in [3.63, 3.8) is 0 Å². The van der Waals surface area contributed by atoms with E-state index in [4.69, 9.17) is 27.9 Å². The van der Waals surface area contributed by atoms with Crippen LogP contribution < -0.4 is 28.4 Å². The van der Waals surface area contributed by atoms with Crippen LogP contribution in [0.1, 0.15) is 18.5 Å². The number of thiazole rings is 1. The van der Waals surface area contributed by atoms with E-state index in [2.05, 4.69) is 30.5 Å². The van der Waals surface area contributed by atoms with Crippen LogP contribution in [-0.4, -0.2) is 99.5 Å². The molecule has 3 rings (SSSR count). The molecule has 19 nitrogen and oxygen atoms in total. The lowest BCUT2D eigenvalue weighted by Crippen LogP contribution is -2.73. The predicted octanol–water partition coefficient (Wildman–Crippen LogP) is -3.78. The number of carbonyl (C=O) groups is 3. The summed E-state index contributed by atoms with van der Waals surface area (Å²) in [6.07, 6.45) is 1.42. The summed E-state index contributed by atoms with van der Waals surface area (Å²) in [5.41, 5.74) is 14.0. The Morgan fingerprint density at radius 3 is 2.55 bits per heavy atom. The summed E-state index contributed by atoms with van der Waals surface area (Å²) in [7, 11) is -5.01. The van der Waals surface area contributed by atoms with E-state index in [1.54, 1.807) is 0 Å². The van der Waals surface area contributed by atoms with Crippen LogP contribution in [0.25, 0.3) is 0 Å². The summed E-state index contributed by atoms with van der Waals surface area (Å²) >= 11 is 0.951. The van der Waals surface area contributed by atoms with Crippen molar-refractivity contribution in [2.45, 2.75) is 30.5 Å². The number of oxime groups is 1. The second-order valence-electron chi connectivity index (χ2n) is 7.89. The molecule has 1 aromatic heterocycles. The molecule has 1 aromatic rings. The van der Waals surface area contributed by atoms with E-state index in [1.807, 2.05) is 0 Å². The number of hydrogen-bond acceptors (Lipinski definition) is 14. The zero-order valence-corrected chi connectivity index (χ0v) is 20.9. The molecule has 2 heterocycles. The van der Waals surface area contributed by atoms with E-state index in [-0.39, 0.29) is 46.2 Å². The Balaban J connectivity index is 1.81. The van der Waals surface area contributed by atoms with Gasteiger partial charge >= 0.3 is 16.3 Å². The van der Waals surface area contributed by atoms with Gasteiger partial charge < -0.3 is 38.3 Å². The zero-order chi connectivity index (χ0) is 28.3. The van der Waals surface area contributed by atoms with E-state index >= 15 is 0 Å². The Hall–Kier alpha value is -4.37. The first-order chi connectivity index (χ1) is 17.8. The van der Waals surface area contributed by atoms with E-state index < -0.39 is 58.0 Å². The number of nitrogen functional groups attached to an aromatic ring is 1. The number of nitrogens with one attached hydrogen (secondary N) is 1. The second-order valence-corrected chi connectivity index (χ2v) is 10.1. The van der Waals surface area contributed by atoms with Crippen LogP contribution in [0.4, 0.5) is 5.13 Å². The number of aliphatic imine (C=N–C) groups is 2. The van der Waals surface area contributed by atoms with Gasteiger partial charge in [-0.25, -0.2) is 19.1 Å². The van der Waals surface area contributed by atoms with Gasteiger partial charge in [0.05, 0.1) is 24.8 Å². The SMILES string of the molecule is NN=C(C=NC[C@@H]1[C@H](NC(=O)/C(=N\OC2(C(=O)O)CC2)c2csc(N)n2)C(=O)N1S(=O)(=O)O)CN=C(N)N. The van der Waals surface area contributed by atoms with Crippen LogP contribution in [0.15, 0.2) is 25.6 Å². The van der Waals surface area contributed by atoms with Crippen molar-refractivity contribution < 1.29 is 37.3 Å². The van der Waals surface area contributed by atoms with Crippen LogP contribution in [-0.2, 0) is 29.5 Å². The van der Waals surface area contributed by atoms with E-state index in [0.29, 0.717) is 0 Å². The maximum Gasteiger partial charge on any atom is 0.362 e. The summed E-state index contributed by atoms with van der Waals surface area (Å²) in [5, 5.41) is 20.0. The standard InChI is InChI=1S/C17H23N11O8S2/c18-15(19)23-4-7(26-21)3-22-5-9-11(13(30)28(9)38(33,34)35)25-12(29)10(8-6-37-16(20)24-8)27-36-17(1-2-17)14(31)32/h3,6,9,11H,1-2,4-5,21H2,(H2,20,24)(H,25,29)(H,31,32)(H4,18,19,23)(H,33,34,35)/b22-3?,26-7?,27-10-/t9-,11+/m1/s1. The van der Waals surface area contributed by atoms with Crippen LogP contribution >= 0.6 is 11.3 Å². The molecule has 206 valence electrons. The number of carboxylic acids is 1. The molecule has 2 atom stereocenters.